The molecule has 1 amide bonds. The Morgan fingerprint density at radius 2 is 1.95 bits per heavy atom. The third kappa shape index (κ3) is 4.19. The van der Waals surface area contributed by atoms with Crippen LogP contribution in [-0.2, 0) is 22.9 Å². The van der Waals surface area contributed by atoms with Crippen molar-refractivity contribution in [3.05, 3.63) is 65.2 Å². The van der Waals surface area contributed by atoms with E-state index < -0.39 is 17.1 Å². The van der Waals surface area contributed by atoms with Gasteiger partial charge in [0, 0.05) is 25.1 Å². The van der Waals surface area contributed by atoms with Gasteiger partial charge in [-0.05, 0) is 56.1 Å². The summed E-state index contributed by atoms with van der Waals surface area (Å²) < 4.78 is 26.2. The summed E-state index contributed by atoms with van der Waals surface area (Å²) in [6.45, 7) is 3.38. The fraction of sp³-hybridized carbons (Fsp3) is 0.483. The lowest BCUT2D eigenvalue weighted by molar-refractivity contribution is 0.0809. The molecule has 0 saturated carbocycles. The van der Waals surface area contributed by atoms with E-state index >= 15 is 0 Å². The fourth-order valence-corrected chi connectivity index (χ4v) is 7.76. The number of methoxy groups -OCH3 is 1. The predicted octanol–water partition coefficient (Wildman–Crippen LogP) is 3.96. The summed E-state index contributed by atoms with van der Waals surface area (Å²) in [6, 6.07) is 11.4. The van der Waals surface area contributed by atoms with Crippen molar-refractivity contribution in [3.8, 4) is 11.5 Å². The number of amides is 1. The molecule has 1 unspecified atom stereocenters. The number of carbonyl (C=O) groups excluding carboxylic acids is 1. The van der Waals surface area contributed by atoms with E-state index in [1.165, 1.54) is 15.4 Å². The lowest BCUT2D eigenvalue weighted by Gasteiger charge is -2.35. The summed E-state index contributed by atoms with van der Waals surface area (Å²) in [5.41, 5.74) is 2.89. The van der Waals surface area contributed by atoms with Crippen molar-refractivity contribution in [1.82, 2.24) is 9.21 Å². The molecule has 4 atom stereocenters. The molecule has 0 radical (unpaired) electrons. The third-order valence-electron chi connectivity index (χ3n) is 8.35. The number of rotatable bonds is 8. The van der Waals surface area contributed by atoms with E-state index in [0.717, 1.165) is 63.2 Å². The van der Waals surface area contributed by atoms with Gasteiger partial charge in [-0.25, -0.2) is 4.21 Å². The molecule has 6 rings (SSSR count). The number of fused-ring (bicyclic) bond motifs is 1. The van der Waals surface area contributed by atoms with Crippen molar-refractivity contribution in [2.45, 2.75) is 67.6 Å². The largest absolute Gasteiger partial charge is 0.493 e. The molecule has 0 fully saturated rings. The van der Waals surface area contributed by atoms with Crippen LogP contribution in [0.4, 0.5) is 0 Å². The van der Waals surface area contributed by atoms with Crippen molar-refractivity contribution < 1.29 is 23.6 Å². The average Bonchev–Trinajstić information content (AvgIpc) is 3.29. The lowest BCUT2D eigenvalue weighted by Crippen LogP contribution is -2.43. The summed E-state index contributed by atoms with van der Waals surface area (Å²) >= 11 is 0. The first-order valence-corrected chi connectivity index (χ1v) is 14.4. The molecule has 0 bridgehead atoms. The molecule has 1 aliphatic carbocycles. The molecule has 1 spiro atoms. The first-order chi connectivity index (χ1) is 18.0. The van der Waals surface area contributed by atoms with Crippen LogP contribution in [0.25, 0.3) is 0 Å². The van der Waals surface area contributed by atoms with E-state index in [0.29, 0.717) is 23.4 Å². The van der Waals surface area contributed by atoms with Gasteiger partial charge >= 0.3 is 0 Å². The Morgan fingerprint density at radius 3 is 2.76 bits per heavy atom. The number of hydrogen-bond acceptors (Lipinski definition) is 6. The minimum Gasteiger partial charge on any atom is -0.493 e. The first kappa shape index (κ1) is 24.6. The lowest BCUT2D eigenvalue weighted by atomic mass is 9.69. The summed E-state index contributed by atoms with van der Waals surface area (Å²) in [4.78, 5) is 15.7. The second-order valence-corrected chi connectivity index (χ2v) is 11.9. The number of carbonyl (C=O) groups is 1. The Kier molecular flexibility index (Phi) is 6.59. The summed E-state index contributed by atoms with van der Waals surface area (Å²) in [7, 11) is 0.307. The number of benzene rings is 2. The maximum Gasteiger partial charge on any atom is 0.267 e. The van der Waals surface area contributed by atoms with Gasteiger partial charge < -0.3 is 14.6 Å². The van der Waals surface area contributed by atoms with Crippen LogP contribution in [0, 0.1) is 0 Å². The number of nitrogens with zero attached hydrogens (tertiary/aromatic N) is 2. The van der Waals surface area contributed by atoms with Crippen LogP contribution >= 0.6 is 0 Å². The maximum atomic E-state index is 12.7. The molecule has 8 heteroatoms. The number of ether oxygens (including phenoxy) is 2. The Labute approximate surface area is 220 Å². The highest BCUT2D eigenvalue weighted by molar-refractivity contribution is 7.84. The third-order valence-corrected chi connectivity index (χ3v) is 9.83. The molecular weight excluding hydrogens is 488 g/mol. The molecule has 1 N–H and O–H groups in total. The second kappa shape index (κ2) is 9.89. The van der Waals surface area contributed by atoms with E-state index in [-0.39, 0.29) is 17.4 Å². The van der Waals surface area contributed by atoms with E-state index in [1.807, 2.05) is 24.3 Å². The zero-order valence-electron chi connectivity index (χ0n) is 21.2. The summed E-state index contributed by atoms with van der Waals surface area (Å²) in [5, 5.41) is 10.3. The molecule has 196 valence electrons. The highest BCUT2D eigenvalue weighted by atomic mass is 32.2. The van der Waals surface area contributed by atoms with Crippen LogP contribution in [0.1, 0.15) is 60.0 Å². The van der Waals surface area contributed by atoms with Crippen molar-refractivity contribution in [2.24, 2.45) is 0 Å². The van der Waals surface area contributed by atoms with E-state index in [9.17, 15) is 14.1 Å². The standard InChI is InChI=1S/C29H34N2O5S/c1-35-23-11-10-20-19-30(17-14-29-13-12-21(32)18-25(29)36-27(23)26(20)29)15-6-2-3-7-16-31-28(33)22-8-4-5-9-24(22)37(31)34/h4-5,8-13,21,25,32H,2-3,6-7,14-19H2,1H3/t21-,25-,29-,37?/m0/s1. The molecule has 37 heavy (non-hydrogen) atoms. The number of hydrogen-bond donors (Lipinski definition) is 1. The molecular formula is C29H34N2O5S. The van der Waals surface area contributed by atoms with Crippen LogP contribution in [-0.4, -0.2) is 63.4 Å². The van der Waals surface area contributed by atoms with Crippen LogP contribution in [0.5, 0.6) is 11.5 Å². The highest BCUT2D eigenvalue weighted by Crippen LogP contribution is 2.55. The number of aliphatic hydroxyl groups is 1. The topological polar surface area (TPSA) is 79.3 Å². The number of unbranched alkanes of at least 4 members (excludes halogenated alkanes) is 3. The Morgan fingerprint density at radius 1 is 1.14 bits per heavy atom. The van der Waals surface area contributed by atoms with Gasteiger partial charge in [0.05, 0.1) is 29.1 Å². The quantitative estimate of drug-likeness (QED) is 0.418. The molecule has 4 aliphatic rings. The Hall–Kier alpha value is -2.68. The Balaban J connectivity index is 1.05. The second-order valence-electron chi connectivity index (χ2n) is 10.5. The zero-order chi connectivity index (χ0) is 25.6. The van der Waals surface area contributed by atoms with Crippen LogP contribution in [0.2, 0.25) is 0 Å². The van der Waals surface area contributed by atoms with Crippen LogP contribution in [0.3, 0.4) is 0 Å². The minimum absolute atomic E-state index is 0.0671. The molecule has 3 aliphatic heterocycles. The molecule has 2 aromatic carbocycles. The predicted molar refractivity (Wildman–Crippen MR) is 141 cm³/mol. The van der Waals surface area contributed by atoms with E-state index in [1.54, 1.807) is 19.2 Å². The first-order valence-electron chi connectivity index (χ1n) is 13.3. The molecule has 2 aromatic rings. The smallest absolute Gasteiger partial charge is 0.267 e. The van der Waals surface area contributed by atoms with Gasteiger partial charge in [-0.1, -0.05) is 43.2 Å². The van der Waals surface area contributed by atoms with Crippen LogP contribution < -0.4 is 9.47 Å². The van der Waals surface area contributed by atoms with Gasteiger partial charge in [0.2, 0.25) is 0 Å². The van der Waals surface area contributed by atoms with Gasteiger partial charge in [0.25, 0.3) is 5.91 Å². The molecule has 0 aromatic heterocycles. The normalized spacial score (nSPS) is 27.9. The molecule has 3 heterocycles. The maximum absolute atomic E-state index is 12.7. The van der Waals surface area contributed by atoms with Gasteiger partial charge in [0.1, 0.15) is 6.10 Å². The summed E-state index contributed by atoms with van der Waals surface area (Å²) in [6.07, 6.45) is 9.15. The van der Waals surface area contributed by atoms with Gasteiger partial charge in [-0.15, -0.1) is 0 Å². The van der Waals surface area contributed by atoms with Gasteiger partial charge in [-0.3, -0.25) is 14.0 Å². The van der Waals surface area contributed by atoms with E-state index in [4.69, 9.17) is 9.47 Å². The molecule has 7 nitrogen and oxygen atoms in total. The number of aliphatic hydroxyl groups excluding tert-OH is 1. The highest BCUT2D eigenvalue weighted by Gasteiger charge is 2.52. The average molecular weight is 523 g/mol. The van der Waals surface area contributed by atoms with Crippen molar-refractivity contribution in [3.63, 3.8) is 0 Å². The minimum atomic E-state index is -1.37. The van der Waals surface area contributed by atoms with Crippen molar-refractivity contribution in [1.29, 1.82) is 0 Å². The van der Waals surface area contributed by atoms with E-state index in [2.05, 4.69) is 17.0 Å². The molecule has 0 saturated heterocycles. The SMILES string of the molecule is COc1ccc2c3c1O[C@H]1C[C@@H](O)C=C[C@@]31CCN(CCCCCCN1C(=O)c3ccccc3S1=O)C2. The summed E-state index contributed by atoms with van der Waals surface area (Å²) in [5.74, 6) is 1.50. The monoisotopic (exact) mass is 522 g/mol. The van der Waals surface area contributed by atoms with Crippen molar-refractivity contribution >= 4 is 16.9 Å². The van der Waals surface area contributed by atoms with Gasteiger partial charge in [0.15, 0.2) is 22.5 Å². The zero-order valence-corrected chi connectivity index (χ0v) is 22.0. The van der Waals surface area contributed by atoms with Gasteiger partial charge in [-0.2, -0.15) is 0 Å². The fourth-order valence-electron chi connectivity index (χ4n) is 6.44. The van der Waals surface area contributed by atoms with Crippen LogP contribution in [0.15, 0.2) is 53.4 Å². The Bertz CT molecular complexity index is 1230. The van der Waals surface area contributed by atoms with Crippen molar-refractivity contribution in [2.75, 3.05) is 26.7 Å².